The van der Waals surface area contributed by atoms with Crippen LogP contribution in [0.15, 0.2) is 41.3 Å². The highest BCUT2D eigenvalue weighted by Crippen LogP contribution is 2.38. The third kappa shape index (κ3) is 8.80. The average molecular weight is 562 g/mol. The van der Waals surface area contributed by atoms with Gasteiger partial charge in [0.25, 0.3) is 0 Å². The zero-order chi connectivity index (χ0) is 24.6. The first-order valence-electron chi connectivity index (χ1n) is 12.4. The summed E-state index contributed by atoms with van der Waals surface area (Å²) in [5, 5.41) is 2.44. The first-order valence-corrected chi connectivity index (χ1v) is 14.3. The molecule has 0 fully saturated rings. The Bertz CT molecular complexity index is 1030. The number of unbranched alkanes of at least 4 members (excludes halogenated alkanes) is 3. The number of rotatable bonds is 13. The van der Waals surface area contributed by atoms with E-state index < -0.39 is 9.84 Å². The standard InChI is InChI=1S/C27H40N2O4S.2ClH/c1-5-6-7-8-19-29(28-18-17-21-9-13-24(14-10-21)34(4,30)31)23-12-15-25-22(20-23)11-16-26(32-2)27(25)33-3;;/h9-11,13-14,16,23,28H,5-8,12,15,17-20H2,1-4H3;2*1H. The number of sulfone groups is 1. The molecule has 0 aromatic heterocycles. The molecule has 0 bridgehead atoms. The number of ether oxygens (including phenoxy) is 2. The maximum atomic E-state index is 11.7. The second-order valence-corrected chi connectivity index (χ2v) is 11.2. The molecule has 0 aliphatic heterocycles. The maximum absolute atomic E-state index is 11.7. The van der Waals surface area contributed by atoms with E-state index in [2.05, 4.69) is 23.4 Å². The monoisotopic (exact) mass is 560 g/mol. The quantitative estimate of drug-likeness (QED) is 0.260. The molecule has 1 N–H and O–H groups in total. The molecular weight excluding hydrogens is 519 g/mol. The van der Waals surface area contributed by atoms with Crippen LogP contribution >= 0.6 is 24.8 Å². The Morgan fingerprint density at radius 2 is 1.72 bits per heavy atom. The fourth-order valence-corrected chi connectivity index (χ4v) is 5.41. The van der Waals surface area contributed by atoms with Gasteiger partial charge < -0.3 is 9.47 Å². The van der Waals surface area contributed by atoms with Gasteiger partial charge in [0.15, 0.2) is 21.3 Å². The van der Waals surface area contributed by atoms with Gasteiger partial charge in [-0.05, 0) is 61.4 Å². The smallest absolute Gasteiger partial charge is 0.175 e. The van der Waals surface area contributed by atoms with Crippen LogP contribution in [0.1, 0.15) is 55.7 Å². The summed E-state index contributed by atoms with van der Waals surface area (Å²) in [5.41, 5.74) is 7.45. The van der Waals surface area contributed by atoms with Gasteiger partial charge in [-0.25, -0.2) is 13.4 Å². The van der Waals surface area contributed by atoms with Crippen molar-refractivity contribution in [2.24, 2.45) is 0 Å². The molecule has 0 radical (unpaired) electrons. The van der Waals surface area contributed by atoms with E-state index in [4.69, 9.17) is 9.47 Å². The summed E-state index contributed by atoms with van der Waals surface area (Å²) in [6.45, 7) is 4.09. The summed E-state index contributed by atoms with van der Waals surface area (Å²) in [4.78, 5) is 0.370. The average Bonchev–Trinajstić information content (AvgIpc) is 2.84. The van der Waals surface area contributed by atoms with Crippen LogP contribution in [0.4, 0.5) is 0 Å². The summed E-state index contributed by atoms with van der Waals surface area (Å²) >= 11 is 0. The summed E-state index contributed by atoms with van der Waals surface area (Å²) < 4.78 is 34.6. The van der Waals surface area contributed by atoms with Crippen LogP contribution in [0.3, 0.4) is 0 Å². The van der Waals surface area contributed by atoms with Crippen LogP contribution in [0.25, 0.3) is 0 Å². The van der Waals surface area contributed by atoms with E-state index in [-0.39, 0.29) is 24.8 Å². The molecule has 1 unspecified atom stereocenters. The molecule has 6 nitrogen and oxygen atoms in total. The first kappa shape index (κ1) is 32.5. The van der Waals surface area contributed by atoms with Crippen molar-refractivity contribution in [2.45, 2.75) is 69.2 Å². The Morgan fingerprint density at radius 1 is 1.00 bits per heavy atom. The molecule has 3 rings (SSSR count). The van der Waals surface area contributed by atoms with Crippen LogP contribution in [-0.4, -0.2) is 53.0 Å². The molecule has 0 heterocycles. The fourth-order valence-electron chi connectivity index (χ4n) is 4.78. The minimum atomic E-state index is -3.16. The van der Waals surface area contributed by atoms with E-state index >= 15 is 0 Å². The SMILES string of the molecule is CCCCCCN(NCCc1ccc(S(C)(=O)=O)cc1)C1CCc2c(ccc(OC)c2OC)C1.Cl.Cl. The molecular formula is C27H42Cl2N2O4S. The van der Waals surface area contributed by atoms with Crippen molar-refractivity contribution in [3.63, 3.8) is 0 Å². The normalized spacial score (nSPS) is 15.0. The molecule has 1 atom stereocenters. The Morgan fingerprint density at radius 3 is 2.33 bits per heavy atom. The lowest BCUT2D eigenvalue weighted by atomic mass is 9.87. The number of fused-ring (bicyclic) bond motifs is 1. The minimum Gasteiger partial charge on any atom is -0.493 e. The minimum absolute atomic E-state index is 0. The third-order valence-electron chi connectivity index (χ3n) is 6.70. The molecule has 1 aliphatic rings. The molecule has 9 heteroatoms. The molecule has 0 spiro atoms. The Labute approximate surface area is 229 Å². The van der Waals surface area contributed by atoms with Crippen LogP contribution < -0.4 is 14.9 Å². The van der Waals surface area contributed by atoms with Crippen molar-refractivity contribution in [2.75, 3.05) is 33.6 Å². The molecule has 1 aliphatic carbocycles. The van der Waals surface area contributed by atoms with E-state index in [1.54, 1.807) is 26.4 Å². The number of nitrogens with zero attached hydrogens (tertiary/aromatic N) is 1. The lowest BCUT2D eigenvalue weighted by Gasteiger charge is -2.36. The van der Waals surface area contributed by atoms with Crippen molar-refractivity contribution in [1.82, 2.24) is 10.4 Å². The lowest BCUT2D eigenvalue weighted by molar-refractivity contribution is 0.109. The highest BCUT2D eigenvalue weighted by Gasteiger charge is 2.27. The highest BCUT2D eigenvalue weighted by molar-refractivity contribution is 7.90. The third-order valence-corrected chi connectivity index (χ3v) is 7.83. The second-order valence-electron chi connectivity index (χ2n) is 9.16. The van der Waals surface area contributed by atoms with Crippen LogP contribution in [-0.2, 0) is 29.1 Å². The van der Waals surface area contributed by atoms with Gasteiger partial charge >= 0.3 is 0 Å². The fraction of sp³-hybridized carbons (Fsp3) is 0.556. The summed E-state index contributed by atoms with van der Waals surface area (Å²) in [7, 11) is 0.246. The first-order chi connectivity index (χ1) is 16.4. The molecule has 2 aromatic carbocycles. The topological polar surface area (TPSA) is 67.9 Å². The van der Waals surface area contributed by atoms with Crippen LogP contribution in [0, 0.1) is 0 Å². The molecule has 0 saturated carbocycles. The zero-order valence-corrected chi connectivity index (χ0v) is 24.4. The Balaban J connectivity index is 0.00000324. The van der Waals surface area contributed by atoms with Crippen LogP contribution in [0.2, 0.25) is 0 Å². The molecule has 2 aromatic rings. The van der Waals surface area contributed by atoms with Crippen molar-refractivity contribution in [1.29, 1.82) is 0 Å². The van der Waals surface area contributed by atoms with Gasteiger partial charge in [0.05, 0.1) is 19.1 Å². The van der Waals surface area contributed by atoms with Gasteiger partial charge in [0.2, 0.25) is 0 Å². The highest BCUT2D eigenvalue weighted by atomic mass is 35.5. The predicted octanol–water partition coefficient (Wildman–Crippen LogP) is 5.44. The number of hydrogen-bond donors (Lipinski definition) is 1. The Kier molecular flexibility index (Phi) is 14.2. The number of methoxy groups -OCH3 is 2. The van der Waals surface area contributed by atoms with Crippen molar-refractivity contribution in [3.05, 3.63) is 53.1 Å². The summed E-state index contributed by atoms with van der Waals surface area (Å²) in [5.74, 6) is 1.68. The van der Waals surface area contributed by atoms with E-state index in [9.17, 15) is 8.42 Å². The molecule has 36 heavy (non-hydrogen) atoms. The Hall–Kier alpha value is -1.51. The summed E-state index contributed by atoms with van der Waals surface area (Å²) in [6.07, 6.45) is 10.0. The van der Waals surface area contributed by atoms with Crippen molar-refractivity contribution in [3.8, 4) is 11.5 Å². The number of hydrogen-bond acceptors (Lipinski definition) is 6. The molecule has 0 saturated heterocycles. The van der Waals surface area contributed by atoms with Gasteiger partial charge in [-0.15, -0.1) is 24.8 Å². The van der Waals surface area contributed by atoms with Crippen LogP contribution in [0.5, 0.6) is 11.5 Å². The summed E-state index contributed by atoms with van der Waals surface area (Å²) in [6, 6.07) is 11.9. The largest absolute Gasteiger partial charge is 0.493 e. The van der Waals surface area contributed by atoms with E-state index in [1.807, 2.05) is 18.2 Å². The van der Waals surface area contributed by atoms with E-state index in [1.165, 1.54) is 43.1 Å². The van der Waals surface area contributed by atoms with Crippen molar-refractivity contribution >= 4 is 34.7 Å². The van der Waals surface area contributed by atoms with E-state index in [0.717, 1.165) is 55.8 Å². The van der Waals surface area contributed by atoms with Gasteiger partial charge in [0, 0.05) is 31.0 Å². The number of benzene rings is 2. The zero-order valence-electron chi connectivity index (χ0n) is 21.9. The van der Waals surface area contributed by atoms with Crippen molar-refractivity contribution < 1.29 is 17.9 Å². The predicted molar refractivity (Wildman–Crippen MR) is 152 cm³/mol. The van der Waals surface area contributed by atoms with E-state index in [0.29, 0.717) is 10.9 Å². The maximum Gasteiger partial charge on any atom is 0.175 e. The molecule has 0 amide bonds. The lowest BCUT2D eigenvalue weighted by Crippen LogP contribution is -2.49. The second kappa shape index (κ2) is 15.7. The van der Waals surface area contributed by atoms with Gasteiger partial charge in [-0.3, -0.25) is 5.43 Å². The number of nitrogens with one attached hydrogen (secondary N) is 1. The number of halogens is 2. The number of hydrazine groups is 1. The van der Waals surface area contributed by atoms with Gasteiger partial charge in [-0.1, -0.05) is 44.4 Å². The van der Waals surface area contributed by atoms with Gasteiger partial charge in [-0.2, -0.15) is 0 Å². The molecule has 204 valence electrons. The van der Waals surface area contributed by atoms with Gasteiger partial charge in [0.1, 0.15) is 0 Å².